The molecule has 0 bridgehead atoms. The van der Waals surface area contributed by atoms with Gasteiger partial charge in [0.1, 0.15) is 24.3 Å². The van der Waals surface area contributed by atoms with E-state index in [1.807, 2.05) is 0 Å². The van der Waals surface area contributed by atoms with Crippen LogP contribution in [-0.4, -0.2) is 53.9 Å². The Balaban J connectivity index is 4.85. The Morgan fingerprint density at radius 1 is 1.36 bits per heavy atom. The molecule has 0 aromatic rings. The number of carbonyl (C=O) groups is 4. The minimum atomic E-state index is -1.45. The van der Waals surface area contributed by atoms with Gasteiger partial charge in [0, 0.05) is 25.7 Å². The quantitative estimate of drug-likeness (QED) is 0.173. The average molecular weight is 315 g/mol. The van der Waals surface area contributed by atoms with Crippen molar-refractivity contribution in [3.05, 3.63) is 0 Å². The van der Waals surface area contributed by atoms with Gasteiger partial charge in [-0.1, -0.05) is 0 Å². The second-order valence-corrected chi connectivity index (χ2v) is 5.26. The van der Waals surface area contributed by atoms with E-state index in [0.29, 0.717) is 38.5 Å². The lowest BCUT2D eigenvalue weighted by Gasteiger charge is -2.23. The third kappa shape index (κ3) is 8.25. The molecule has 1 amide bonds. The van der Waals surface area contributed by atoms with E-state index in [-0.39, 0.29) is 0 Å². The topological polar surface area (TPSA) is 142 Å². The van der Waals surface area contributed by atoms with E-state index < -0.39 is 29.9 Å². The number of hydrogen-bond acceptors (Lipinski definition) is 4. The number of rotatable bonds is 12. The first-order chi connectivity index (χ1) is 10.4. The highest BCUT2D eigenvalue weighted by Crippen LogP contribution is 2.07. The Labute approximate surface area is 129 Å². The molecule has 0 spiro atoms. The monoisotopic (exact) mass is 315 g/mol. The zero-order chi connectivity index (χ0) is 17.0. The Kier molecular flexibility index (Phi) is 9.60. The van der Waals surface area contributed by atoms with Gasteiger partial charge >= 0.3 is 5.97 Å². The number of carboxylic acid groups (broad SMARTS) is 1. The standard InChI is InChI=1S/C14H23N3O5/c1-14(10-19,9-12(20)21)17-13(22)11(5-4-6-15)16-7-2-3-8-18/h7-8,10-11H,2-6,9,15H2,1H3,(H,17,22)(H,20,21)/p+2. The van der Waals surface area contributed by atoms with Gasteiger partial charge in [-0.05, 0) is 6.92 Å². The summed E-state index contributed by atoms with van der Waals surface area (Å²) >= 11 is 0. The predicted octanol–water partition coefficient (Wildman–Crippen LogP) is -2.94. The number of aliphatic carboxylic acids is 1. The van der Waals surface area contributed by atoms with Crippen LogP contribution in [0.15, 0.2) is 0 Å². The van der Waals surface area contributed by atoms with E-state index in [1.54, 1.807) is 6.21 Å². The summed E-state index contributed by atoms with van der Waals surface area (Å²) in [5, 5.41) is 11.3. The first-order valence-corrected chi connectivity index (χ1v) is 7.19. The van der Waals surface area contributed by atoms with Crippen LogP contribution in [0.3, 0.4) is 0 Å². The zero-order valence-corrected chi connectivity index (χ0v) is 12.8. The number of carbonyl (C=O) groups excluding carboxylic acids is 3. The van der Waals surface area contributed by atoms with Crippen molar-refractivity contribution in [1.29, 1.82) is 0 Å². The fourth-order valence-electron chi connectivity index (χ4n) is 1.81. The molecular formula is C14H25N3O5+2. The first kappa shape index (κ1) is 19.9. The summed E-state index contributed by atoms with van der Waals surface area (Å²) in [4.78, 5) is 47.2. The molecule has 0 aromatic carbocycles. The van der Waals surface area contributed by atoms with Crippen molar-refractivity contribution in [2.45, 2.75) is 50.6 Å². The van der Waals surface area contributed by atoms with Gasteiger partial charge in [0.25, 0.3) is 5.91 Å². The molecule has 6 N–H and O–H groups in total. The van der Waals surface area contributed by atoms with Gasteiger partial charge in [-0.15, -0.1) is 0 Å². The summed E-state index contributed by atoms with van der Waals surface area (Å²) < 4.78 is 0. The van der Waals surface area contributed by atoms with Crippen LogP contribution < -0.4 is 16.0 Å². The second kappa shape index (κ2) is 10.6. The molecule has 0 aliphatic rings. The molecule has 8 heteroatoms. The van der Waals surface area contributed by atoms with Gasteiger partial charge in [-0.25, -0.2) is 4.99 Å². The summed E-state index contributed by atoms with van der Waals surface area (Å²) in [5.74, 6) is -1.62. The van der Waals surface area contributed by atoms with Crippen LogP contribution >= 0.6 is 0 Å². The predicted molar refractivity (Wildman–Crippen MR) is 78.0 cm³/mol. The Morgan fingerprint density at radius 3 is 2.55 bits per heavy atom. The third-order valence-electron chi connectivity index (χ3n) is 2.99. The lowest BCUT2D eigenvalue weighted by molar-refractivity contribution is -0.486. The molecule has 8 nitrogen and oxygen atoms in total. The number of amides is 1. The van der Waals surface area contributed by atoms with Crippen molar-refractivity contribution in [1.82, 2.24) is 5.32 Å². The molecule has 0 fully saturated rings. The van der Waals surface area contributed by atoms with Gasteiger partial charge in [0.15, 0.2) is 0 Å². The van der Waals surface area contributed by atoms with Crippen LogP contribution in [0.1, 0.15) is 39.0 Å². The van der Waals surface area contributed by atoms with Gasteiger partial charge in [0.05, 0.1) is 13.0 Å². The highest BCUT2D eigenvalue weighted by Gasteiger charge is 2.33. The van der Waals surface area contributed by atoms with Crippen LogP contribution in [-0.2, 0) is 19.2 Å². The lowest BCUT2D eigenvalue weighted by Crippen LogP contribution is -2.81. The van der Waals surface area contributed by atoms with Gasteiger partial charge < -0.3 is 25.7 Å². The minimum Gasteiger partial charge on any atom is -0.481 e. The van der Waals surface area contributed by atoms with E-state index in [4.69, 9.17) is 5.11 Å². The first-order valence-electron chi connectivity index (χ1n) is 7.19. The summed E-state index contributed by atoms with van der Waals surface area (Å²) in [6.45, 7) is 2.01. The number of nitrogens with one attached hydrogen (secondary N) is 2. The van der Waals surface area contributed by atoms with E-state index in [2.05, 4.69) is 16.0 Å². The number of quaternary nitrogens is 1. The normalized spacial score (nSPS) is 15.0. The zero-order valence-electron chi connectivity index (χ0n) is 12.8. The summed E-state index contributed by atoms with van der Waals surface area (Å²) in [5.41, 5.74) is 2.26. The molecule has 2 unspecified atom stereocenters. The summed E-state index contributed by atoms with van der Waals surface area (Å²) in [6, 6.07) is -0.596. The van der Waals surface area contributed by atoms with Crippen LogP contribution in [0, 0.1) is 0 Å². The van der Waals surface area contributed by atoms with E-state index in [9.17, 15) is 19.2 Å². The van der Waals surface area contributed by atoms with Gasteiger partial charge in [-0.3, -0.25) is 9.59 Å². The fraction of sp³-hybridized carbons (Fsp3) is 0.643. The van der Waals surface area contributed by atoms with Crippen LogP contribution in [0.5, 0.6) is 0 Å². The van der Waals surface area contributed by atoms with Crippen molar-refractivity contribution in [2.24, 2.45) is 0 Å². The van der Waals surface area contributed by atoms with Crippen LogP contribution in [0.25, 0.3) is 0 Å². The molecule has 0 aromatic heterocycles. The second-order valence-electron chi connectivity index (χ2n) is 5.26. The highest BCUT2D eigenvalue weighted by atomic mass is 16.4. The SMILES string of the molecule is CC(C=O)(CC(=O)O)NC(=O)C(CCC[NH3+])[NH+]=CCCC=O. The molecule has 124 valence electrons. The number of aldehydes is 2. The van der Waals surface area contributed by atoms with Crippen LogP contribution in [0.2, 0.25) is 0 Å². The minimum absolute atomic E-state index is 0.349. The van der Waals surface area contributed by atoms with Crippen molar-refractivity contribution in [3.8, 4) is 0 Å². The van der Waals surface area contributed by atoms with Crippen molar-refractivity contribution in [3.63, 3.8) is 0 Å². The molecule has 22 heavy (non-hydrogen) atoms. The maximum absolute atomic E-state index is 12.2. The van der Waals surface area contributed by atoms with E-state index in [1.165, 1.54) is 6.92 Å². The van der Waals surface area contributed by atoms with Crippen LogP contribution in [0.4, 0.5) is 0 Å². The Hall–Kier alpha value is -2.09. The van der Waals surface area contributed by atoms with Crippen molar-refractivity contribution < 1.29 is 35.0 Å². The van der Waals surface area contributed by atoms with E-state index in [0.717, 1.165) is 6.29 Å². The molecule has 0 saturated carbocycles. The Bertz CT molecular complexity index is 425. The molecule has 2 atom stereocenters. The maximum Gasteiger partial charge on any atom is 0.306 e. The fourth-order valence-corrected chi connectivity index (χ4v) is 1.81. The smallest absolute Gasteiger partial charge is 0.306 e. The van der Waals surface area contributed by atoms with E-state index >= 15 is 0 Å². The average Bonchev–Trinajstić information content (AvgIpc) is 2.45. The molecule has 0 aliphatic carbocycles. The molecule has 0 saturated heterocycles. The largest absolute Gasteiger partial charge is 0.481 e. The number of unbranched alkanes of at least 4 members (excludes halogenated alkanes) is 1. The Morgan fingerprint density at radius 2 is 2.05 bits per heavy atom. The summed E-state index contributed by atoms with van der Waals surface area (Å²) in [7, 11) is 0. The van der Waals surface area contributed by atoms with Gasteiger partial charge in [0.2, 0.25) is 6.04 Å². The third-order valence-corrected chi connectivity index (χ3v) is 2.99. The summed E-state index contributed by atoms with van der Waals surface area (Å²) in [6.07, 6.45) is 4.36. The molecule has 0 rings (SSSR count). The molecule has 0 radical (unpaired) electrons. The lowest BCUT2D eigenvalue weighted by atomic mass is 9.99. The molecule has 0 aliphatic heterocycles. The number of hydrogen-bond donors (Lipinski definition) is 4. The molecular weight excluding hydrogens is 290 g/mol. The molecule has 0 heterocycles. The maximum atomic E-state index is 12.2. The van der Waals surface area contributed by atoms with Crippen molar-refractivity contribution in [2.75, 3.05) is 6.54 Å². The number of carboxylic acids is 1. The highest BCUT2D eigenvalue weighted by molar-refractivity contribution is 5.87. The van der Waals surface area contributed by atoms with Crippen molar-refractivity contribution >= 4 is 30.7 Å². The van der Waals surface area contributed by atoms with Gasteiger partial charge in [-0.2, -0.15) is 0 Å².